The Balaban J connectivity index is 1.29. The fourth-order valence-electron chi connectivity index (χ4n) is 5.31. The van der Waals surface area contributed by atoms with Gasteiger partial charge in [0.2, 0.25) is 17.7 Å². The summed E-state index contributed by atoms with van der Waals surface area (Å²) in [7, 11) is 1.75. The van der Waals surface area contributed by atoms with E-state index in [1.807, 2.05) is 42.5 Å². The maximum atomic E-state index is 12.9. The van der Waals surface area contributed by atoms with Crippen molar-refractivity contribution in [2.45, 2.75) is 19.8 Å². The number of imide groups is 1. The van der Waals surface area contributed by atoms with Crippen molar-refractivity contribution >= 4 is 23.4 Å². The Bertz CT molecular complexity index is 1150. The molecule has 2 aromatic rings. The molecule has 4 atom stereocenters. The predicted octanol–water partition coefficient (Wildman–Crippen LogP) is 1.62. The molecule has 0 spiro atoms. The second-order valence-corrected chi connectivity index (χ2v) is 8.56. The number of carbonyl (C=O) groups is 3. The van der Waals surface area contributed by atoms with Crippen LogP contribution in [0.25, 0.3) is 5.69 Å². The summed E-state index contributed by atoms with van der Waals surface area (Å²) in [4.78, 5) is 52.3. The molecule has 2 heterocycles. The van der Waals surface area contributed by atoms with Gasteiger partial charge >= 0.3 is 0 Å². The van der Waals surface area contributed by atoms with E-state index >= 15 is 0 Å². The molecule has 5 rings (SSSR count). The molecular formula is C23H24N4O4. The summed E-state index contributed by atoms with van der Waals surface area (Å²) >= 11 is 0. The van der Waals surface area contributed by atoms with Gasteiger partial charge in [-0.15, -0.1) is 0 Å². The van der Waals surface area contributed by atoms with Crippen LogP contribution in [0.2, 0.25) is 0 Å². The van der Waals surface area contributed by atoms with Crippen LogP contribution in [0.5, 0.6) is 0 Å². The van der Waals surface area contributed by atoms with Crippen LogP contribution in [0.1, 0.15) is 18.5 Å². The van der Waals surface area contributed by atoms with Gasteiger partial charge in [-0.3, -0.25) is 28.8 Å². The third kappa shape index (κ3) is 2.89. The zero-order valence-corrected chi connectivity index (χ0v) is 17.4. The van der Waals surface area contributed by atoms with Crippen molar-refractivity contribution in [3.63, 3.8) is 0 Å². The minimum absolute atomic E-state index is 0.0364. The van der Waals surface area contributed by atoms with Gasteiger partial charge in [0.1, 0.15) is 5.69 Å². The highest BCUT2D eigenvalue weighted by Gasteiger charge is 2.59. The second kappa shape index (κ2) is 7.08. The van der Waals surface area contributed by atoms with E-state index in [-0.39, 0.29) is 59.7 Å². The molecule has 1 aromatic heterocycles. The van der Waals surface area contributed by atoms with Crippen molar-refractivity contribution in [2.75, 3.05) is 11.9 Å². The average molecular weight is 420 g/mol. The van der Waals surface area contributed by atoms with Crippen molar-refractivity contribution in [1.82, 2.24) is 14.3 Å². The van der Waals surface area contributed by atoms with Gasteiger partial charge in [-0.1, -0.05) is 30.4 Å². The zero-order valence-electron chi connectivity index (χ0n) is 17.4. The van der Waals surface area contributed by atoms with Crippen molar-refractivity contribution in [2.24, 2.45) is 30.7 Å². The maximum absolute atomic E-state index is 12.9. The number of nitrogens with zero attached hydrogens (tertiary/aromatic N) is 3. The lowest BCUT2D eigenvalue weighted by Crippen LogP contribution is -2.35. The summed E-state index contributed by atoms with van der Waals surface area (Å²) in [6.45, 7) is 1.79. The van der Waals surface area contributed by atoms with Crippen molar-refractivity contribution < 1.29 is 14.4 Å². The Morgan fingerprint density at radius 3 is 2.26 bits per heavy atom. The quantitative estimate of drug-likeness (QED) is 0.588. The fraction of sp³-hybridized carbons (Fsp3) is 0.391. The van der Waals surface area contributed by atoms with Crippen molar-refractivity contribution in [3.8, 4) is 5.69 Å². The minimum Gasteiger partial charge on any atom is -0.320 e. The number of carbonyl (C=O) groups excluding carboxylic acids is 3. The average Bonchev–Trinajstić information content (AvgIpc) is 3.48. The topological polar surface area (TPSA) is 93.4 Å². The van der Waals surface area contributed by atoms with E-state index in [9.17, 15) is 19.2 Å². The molecular weight excluding hydrogens is 396 g/mol. The first-order chi connectivity index (χ1) is 14.9. The molecule has 31 heavy (non-hydrogen) atoms. The van der Waals surface area contributed by atoms with Crippen LogP contribution in [0, 0.1) is 30.6 Å². The van der Waals surface area contributed by atoms with E-state index in [1.54, 1.807) is 18.7 Å². The molecule has 1 saturated heterocycles. The van der Waals surface area contributed by atoms with E-state index in [0.717, 1.165) is 6.42 Å². The Labute approximate surface area is 179 Å². The Morgan fingerprint density at radius 2 is 1.65 bits per heavy atom. The molecule has 2 aliphatic carbocycles. The normalized spacial score (nSPS) is 26.1. The number of amides is 3. The van der Waals surface area contributed by atoms with Crippen LogP contribution in [0.4, 0.5) is 5.69 Å². The number of anilines is 1. The number of benzene rings is 1. The molecule has 0 unspecified atom stereocenters. The first kappa shape index (κ1) is 19.5. The van der Waals surface area contributed by atoms with E-state index in [0.29, 0.717) is 11.4 Å². The molecule has 0 radical (unpaired) electrons. The summed E-state index contributed by atoms with van der Waals surface area (Å²) < 4.78 is 3.17. The number of hydrogen-bond acceptors (Lipinski definition) is 4. The van der Waals surface area contributed by atoms with Crippen molar-refractivity contribution in [3.05, 3.63) is 58.5 Å². The highest BCUT2D eigenvalue weighted by Crippen LogP contribution is 2.52. The largest absolute Gasteiger partial charge is 0.320 e. The lowest BCUT2D eigenvalue weighted by Gasteiger charge is -2.16. The summed E-state index contributed by atoms with van der Waals surface area (Å²) in [5.74, 6) is -0.962. The number of aromatic nitrogens is 2. The molecule has 2 bridgehead atoms. The van der Waals surface area contributed by atoms with Crippen LogP contribution in [-0.4, -0.2) is 38.5 Å². The van der Waals surface area contributed by atoms with E-state index in [1.165, 1.54) is 9.58 Å². The van der Waals surface area contributed by atoms with Crippen LogP contribution in [0.3, 0.4) is 0 Å². The summed E-state index contributed by atoms with van der Waals surface area (Å²) in [5.41, 5.74) is 1.19. The first-order valence-corrected chi connectivity index (χ1v) is 10.6. The summed E-state index contributed by atoms with van der Waals surface area (Å²) in [6, 6.07) is 9.17. The SMILES string of the molecule is Cc1c(NC(=O)CCN2C(=O)[C@@H]3[C@H](C2=O)[C@H]2C=C[C@H]3C2)c(=O)n(-c2ccccc2)n1C. The van der Waals surface area contributed by atoms with Gasteiger partial charge in [-0.25, -0.2) is 4.68 Å². The molecule has 8 nitrogen and oxygen atoms in total. The number of hydrogen-bond donors (Lipinski definition) is 1. The standard InChI is InChI=1S/C23H24N4O4/c1-13-20(23(31)27(25(13)2)16-6-4-3-5-7-16)24-17(28)10-11-26-21(29)18-14-8-9-15(12-14)19(18)22(26)30/h3-9,14-15,18-19H,10-12H2,1-2H3,(H,24,28)/t14-,15-,18-,19+/m0/s1. The molecule has 2 fully saturated rings. The third-order valence-corrected chi connectivity index (χ3v) is 6.94. The lowest BCUT2D eigenvalue weighted by molar-refractivity contribution is -0.140. The molecule has 1 aromatic carbocycles. The number of para-hydroxylation sites is 1. The smallest absolute Gasteiger partial charge is 0.295 e. The lowest BCUT2D eigenvalue weighted by atomic mass is 9.85. The molecule has 3 aliphatic rings. The van der Waals surface area contributed by atoms with Crippen LogP contribution < -0.4 is 10.9 Å². The minimum atomic E-state index is -0.398. The van der Waals surface area contributed by atoms with Gasteiger partial charge in [-0.2, -0.15) is 0 Å². The van der Waals surface area contributed by atoms with Gasteiger partial charge in [0, 0.05) is 20.0 Å². The van der Waals surface area contributed by atoms with Gasteiger partial charge in [0.05, 0.1) is 23.2 Å². The van der Waals surface area contributed by atoms with Gasteiger partial charge in [0.15, 0.2) is 0 Å². The van der Waals surface area contributed by atoms with E-state index in [2.05, 4.69) is 5.32 Å². The monoisotopic (exact) mass is 420 g/mol. The summed E-state index contributed by atoms with van der Waals surface area (Å²) in [5, 5.41) is 2.69. The molecule has 1 N–H and O–H groups in total. The van der Waals surface area contributed by atoms with Crippen LogP contribution >= 0.6 is 0 Å². The Morgan fingerprint density at radius 1 is 1.03 bits per heavy atom. The third-order valence-electron chi connectivity index (χ3n) is 6.94. The summed E-state index contributed by atoms with van der Waals surface area (Å²) in [6.07, 6.45) is 4.92. The zero-order chi connectivity index (χ0) is 21.9. The number of fused-ring (bicyclic) bond motifs is 5. The Kier molecular flexibility index (Phi) is 4.46. The van der Waals surface area contributed by atoms with Crippen molar-refractivity contribution in [1.29, 1.82) is 0 Å². The highest BCUT2D eigenvalue weighted by molar-refractivity contribution is 6.06. The number of allylic oxidation sites excluding steroid dienone is 2. The van der Waals surface area contributed by atoms with Gasteiger partial charge < -0.3 is 5.32 Å². The maximum Gasteiger partial charge on any atom is 0.295 e. The van der Waals surface area contributed by atoms with E-state index in [4.69, 9.17) is 0 Å². The fourth-order valence-corrected chi connectivity index (χ4v) is 5.31. The molecule has 3 amide bonds. The molecule has 1 aliphatic heterocycles. The van der Waals surface area contributed by atoms with Gasteiger partial charge in [0.25, 0.3) is 5.56 Å². The highest BCUT2D eigenvalue weighted by atomic mass is 16.2. The van der Waals surface area contributed by atoms with Crippen LogP contribution in [-0.2, 0) is 21.4 Å². The number of rotatable bonds is 5. The molecule has 1 saturated carbocycles. The second-order valence-electron chi connectivity index (χ2n) is 8.56. The molecule has 160 valence electrons. The molecule has 8 heteroatoms. The van der Waals surface area contributed by atoms with Crippen LogP contribution in [0.15, 0.2) is 47.3 Å². The number of nitrogens with one attached hydrogen (secondary N) is 1. The predicted molar refractivity (Wildman–Crippen MR) is 113 cm³/mol. The Hall–Kier alpha value is -3.42. The van der Waals surface area contributed by atoms with E-state index < -0.39 is 5.91 Å². The van der Waals surface area contributed by atoms with Gasteiger partial charge in [-0.05, 0) is 37.3 Å². The first-order valence-electron chi connectivity index (χ1n) is 10.6. The number of likely N-dealkylation sites (tertiary alicyclic amines) is 1.